The Bertz CT molecular complexity index is 847. The Kier molecular flexibility index (Phi) is 5.48. The van der Waals surface area contributed by atoms with Crippen molar-refractivity contribution in [2.24, 2.45) is 0 Å². The van der Waals surface area contributed by atoms with Gasteiger partial charge in [0.15, 0.2) is 6.61 Å². The number of ether oxygens (including phenoxy) is 1. The van der Waals surface area contributed by atoms with Gasteiger partial charge < -0.3 is 19.9 Å². The van der Waals surface area contributed by atoms with E-state index in [2.05, 4.69) is 10.6 Å². The lowest BCUT2D eigenvalue weighted by molar-refractivity contribution is -0.137. The third kappa shape index (κ3) is 3.95. The van der Waals surface area contributed by atoms with E-state index in [1.165, 1.54) is 4.90 Å². The highest BCUT2D eigenvalue weighted by Gasteiger charge is 2.40. The number of hydrogen-bond donors (Lipinski definition) is 2. The van der Waals surface area contributed by atoms with Gasteiger partial charge >= 0.3 is 0 Å². The SMILES string of the molecule is O=C1CCC(N2Cc3c(OCC(=O)N4CCCNCC4)cccc3C2=O)C(=O)N1. The zero-order chi connectivity index (χ0) is 20.4. The van der Waals surface area contributed by atoms with Crippen LogP contribution in [-0.2, 0) is 20.9 Å². The van der Waals surface area contributed by atoms with Crippen molar-refractivity contribution in [2.75, 3.05) is 32.8 Å². The molecule has 4 rings (SSSR count). The molecule has 0 radical (unpaired) electrons. The van der Waals surface area contributed by atoms with Crippen LogP contribution < -0.4 is 15.4 Å². The summed E-state index contributed by atoms with van der Waals surface area (Å²) in [6.07, 6.45) is 1.42. The molecule has 1 aromatic rings. The molecule has 1 unspecified atom stereocenters. The maximum atomic E-state index is 12.8. The number of benzene rings is 1. The van der Waals surface area contributed by atoms with E-state index >= 15 is 0 Å². The Balaban J connectivity index is 1.45. The van der Waals surface area contributed by atoms with Gasteiger partial charge in [-0.1, -0.05) is 6.07 Å². The van der Waals surface area contributed by atoms with Crippen LogP contribution in [-0.4, -0.2) is 72.3 Å². The van der Waals surface area contributed by atoms with Crippen molar-refractivity contribution < 1.29 is 23.9 Å². The van der Waals surface area contributed by atoms with Crippen molar-refractivity contribution in [1.29, 1.82) is 0 Å². The number of carbonyl (C=O) groups excluding carboxylic acids is 4. The van der Waals surface area contributed by atoms with Gasteiger partial charge in [-0.25, -0.2) is 0 Å². The molecule has 9 nitrogen and oxygen atoms in total. The molecule has 0 spiro atoms. The molecule has 2 fully saturated rings. The van der Waals surface area contributed by atoms with E-state index in [4.69, 9.17) is 4.74 Å². The van der Waals surface area contributed by atoms with Gasteiger partial charge in [-0.3, -0.25) is 24.5 Å². The standard InChI is InChI=1S/C20H24N4O5/c25-17-6-5-15(19(27)22-17)24-11-14-13(20(24)28)3-1-4-16(14)29-12-18(26)23-9-2-7-21-8-10-23/h1,3-4,15,21H,2,5-12H2,(H,22,25,27). The summed E-state index contributed by atoms with van der Waals surface area (Å²) < 4.78 is 5.79. The Labute approximate surface area is 168 Å². The minimum atomic E-state index is -0.674. The summed E-state index contributed by atoms with van der Waals surface area (Å²) in [5.41, 5.74) is 1.14. The second-order valence-electron chi connectivity index (χ2n) is 7.46. The normalized spacial score (nSPS) is 22.2. The summed E-state index contributed by atoms with van der Waals surface area (Å²) in [5, 5.41) is 5.55. The molecule has 3 aliphatic rings. The third-order valence-corrected chi connectivity index (χ3v) is 5.58. The van der Waals surface area contributed by atoms with E-state index in [1.54, 1.807) is 23.1 Å². The second-order valence-corrected chi connectivity index (χ2v) is 7.46. The molecule has 3 aliphatic heterocycles. The number of nitrogens with zero attached hydrogens (tertiary/aromatic N) is 2. The minimum Gasteiger partial charge on any atom is -0.483 e. The molecule has 1 atom stereocenters. The van der Waals surface area contributed by atoms with Gasteiger partial charge in [-0.05, 0) is 31.5 Å². The highest BCUT2D eigenvalue weighted by atomic mass is 16.5. The topological polar surface area (TPSA) is 108 Å². The quantitative estimate of drug-likeness (QED) is 0.669. The molecule has 1 aromatic carbocycles. The molecule has 2 N–H and O–H groups in total. The average Bonchev–Trinajstić information content (AvgIpc) is 2.88. The fourth-order valence-electron chi connectivity index (χ4n) is 4.02. The lowest BCUT2D eigenvalue weighted by Crippen LogP contribution is -2.52. The minimum absolute atomic E-state index is 0.0855. The maximum absolute atomic E-state index is 12.8. The lowest BCUT2D eigenvalue weighted by atomic mass is 10.0. The fourth-order valence-corrected chi connectivity index (χ4v) is 4.02. The van der Waals surface area contributed by atoms with E-state index in [-0.39, 0.29) is 37.3 Å². The first-order valence-electron chi connectivity index (χ1n) is 9.92. The molecule has 3 heterocycles. The number of carbonyl (C=O) groups is 4. The van der Waals surface area contributed by atoms with Gasteiger partial charge in [0.05, 0.1) is 6.54 Å². The molecule has 9 heteroatoms. The van der Waals surface area contributed by atoms with Crippen molar-refractivity contribution in [3.63, 3.8) is 0 Å². The van der Waals surface area contributed by atoms with Crippen LogP contribution in [0.5, 0.6) is 5.75 Å². The first-order chi connectivity index (χ1) is 14.0. The summed E-state index contributed by atoms with van der Waals surface area (Å²) in [7, 11) is 0. The third-order valence-electron chi connectivity index (χ3n) is 5.58. The predicted molar refractivity (Wildman–Crippen MR) is 102 cm³/mol. The van der Waals surface area contributed by atoms with Crippen molar-refractivity contribution in [3.8, 4) is 5.75 Å². The Morgan fingerprint density at radius 3 is 2.86 bits per heavy atom. The molecule has 0 bridgehead atoms. The molecule has 0 aliphatic carbocycles. The molecule has 2 saturated heterocycles. The molecular weight excluding hydrogens is 376 g/mol. The number of imide groups is 1. The number of amides is 4. The molecule has 0 aromatic heterocycles. The number of fused-ring (bicyclic) bond motifs is 1. The second kappa shape index (κ2) is 8.20. The van der Waals surface area contributed by atoms with Crippen molar-refractivity contribution in [2.45, 2.75) is 31.8 Å². The molecule has 29 heavy (non-hydrogen) atoms. The van der Waals surface area contributed by atoms with Gasteiger partial charge in [-0.15, -0.1) is 0 Å². The first kappa shape index (κ1) is 19.4. The van der Waals surface area contributed by atoms with E-state index in [0.29, 0.717) is 36.4 Å². The first-order valence-corrected chi connectivity index (χ1v) is 9.92. The monoisotopic (exact) mass is 400 g/mol. The summed E-state index contributed by atoms with van der Waals surface area (Å²) in [4.78, 5) is 52.1. The van der Waals surface area contributed by atoms with E-state index < -0.39 is 11.9 Å². The Hall–Kier alpha value is -2.94. The van der Waals surface area contributed by atoms with Crippen LogP contribution in [0.3, 0.4) is 0 Å². The molecular formula is C20H24N4O5. The fraction of sp³-hybridized carbons (Fsp3) is 0.500. The van der Waals surface area contributed by atoms with Crippen molar-refractivity contribution >= 4 is 23.6 Å². The Morgan fingerprint density at radius 2 is 2.03 bits per heavy atom. The number of nitrogens with one attached hydrogen (secondary N) is 2. The zero-order valence-corrected chi connectivity index (χ0v) is 16.1. The van der Waals surface area contributed by atoms with E-state index in [0.717, 1.165) is 19.5 Å². The number of rotatable bonds is 4. The van der Waals surface area contributed by atoms with Crippen molar-refractivity contribution in [3.05, 3.63) is 29.3 Å². The largest absolute Gasteiger partial charge is 0.483 e. The van der Waals surface area contributed by atoms with Crippen LogP contribution in [0.4, 0.5) is 0 Å². The Morgan fingerprint density at radius 1 is 1.17 bits per heavy atom. The smallest absolute Gasteiger partial charge is 0.260 e. The molecule has 4 amide bonds. The van der Waals surface area contributed by atoms with Crippen LogP contribution in [0.15, 0.2) is 18.2 Å². The number of hydrogen-bond acceptors (Lipinski definition) is 6. The number of piperidine rings is 1. The van der Waals surface area contributed by atoms with Gasteiger partial charge in [0, 0.05) is 37.2 Å². The van der Waals surface area contributed by atoms with Crippen LogP contribution in [0, 0.1) is 0 Å². The molecule has 154 valence electrons. The van der Waals surface area contributed by atoms with Gasteiger partial charge in [0.1, 0.15) is 11.8 Å². The van der Waals surface area contributed by atoms with Gasteiger partial charge in [-0.2, -0.15) is 0 Å². The predicted octanol–water partition coefficient (Wildman–Crippen LogP) is -0.352. The lowest BCUT2D eigenvalue weighted by Gasteiger charge is -2.29. The van der Waals surface area contributed by atoms with Crippen molar-refractivity contribution in [1.82, 2.24) is 20.4 Å². The van der Waals surface area contributed by atoms with Gasteiger partial charge in [0.25, 0.3) is 11.8 Å². The summed E-state index contributed by atoms with van der Waals surface area (Å²) >= 11 is 0. The average molecular weight is 400 g/mol. The summed E-state index contributed by atoms with van der Waals surface area (Å²) in [5.74, 6) is -0.633. The van der Waals surface area contributed by atoms with Crippen LogP contribution in [0.25, 0.3) is 0 Å². The summed E-state index contributed by atoms with van der Waals surface area (Å²) in [6, 6.07) is 4.46. The van der Waals surface area contributed by atoms with E-state index in [1.807, 2.05) is 0 Å². The van der Waals surface area contributed by atoms with Crippen LogP contribution in [0.2, 0.25) is 0 Å². The zero-order valence-electron chi connectivity index (χ0n) is 16.1. The van der Waals surface area contributed by atoms with Crippen LogP contribution >= 0.6 is 0 Å². The van der Waals surface area contributed by atoms with E-state index in [9.17, 15) is 19.2 Å². The van der Waals surface area contributed by atoms with Crippen LogP contribution in [0.1, 0.15) is 35.2 Å². The summed E-state index contributed by atoms with van der Waals surface area (Å²) in [6.45, 7) is 3.14. The van der Waals surface area contributed by atoms with Gasteiger partial charge in [0.2, 0.25) is 11.8 Å². The highest BCUT2D eigenvalue weighted by molar-refractivity contribution is 6.05. The molecule has 0 saturated carbocycles. The highest BCUT2D eigenvalue weighted by Crippen LogP contribution is 2.33. The maximum Gasteiger partial charge on any atom is 0.260 e.